The van der Waals surface area contributed by atoms with Gasteiger partial charge in [-0.3, -0.25) is 4.57 Å². The minimum atomic E-state index is -4.43. The van der Waals surface area contributed by atoms with Crippen LogP contribution >= 0.6 is 11.6 Å². The molecule has 2 aromatic rings. The molecule has 0 spiro atoms. The molecule has 0 amide bonds. The standard InChI is InChI=1S/C17H18ClF5N2.CO2/c1-4-13-16(18)25(14(5-2)24-13)15-11(19)7-10(8-12(15)20)6-9(3)17(21,22)23;2-1-3/h7-9H,4-6H2,1-3H3;. The van der Waals surface area contributed by atoms with Crippen molar-refractivity contribution in [2.45, 2.75) is 46.2 Å². The summed E-state index contributed by atoms with van der Waals surface area (Å²) >= 11 is 6.19. The van der Waals surface area contributed by atoms with Crippen LogP contribution in [0.15, 0.2) is 12.1 Å². The van der Waals surface area contributed by atoms with Crippen molar-refractivity contribution in [3.05, 3.63) is 46.0 Å². The summed E-state index contributed by atoms with van der Waals surface area (Å²) in [6, 6.07) is 1.84. The quantitative estimate of drug-likeness (QED) is 0.628. The number of imidazole rings is 1. The van der Waals surface area contributed by atoms with E-state index in [1.165, 1.54) is 4.57 Å². The van der Waals surface area contributed by atoms with Crippen LogP contribution in [0.2, 0.25) is 5.15 Å². The van der Waals surface area contributed by atoms with E-state index in [4.69, 9.17) is 21.2 Å². The first kappa shape index (κ1) is 23.8. The lowest BCUT2D eigenvalue weighted by molar-refractivity contribution is -0.191. The number of halogens is 6. The second-order valence-corrected chi connectivity index (χ2v) is 6.30. The van der Waals surface area contributed by atoms with Crippen LogP contribution in [0.1, 0.15) is 37.9 Å². The molecule has 0 aliphatic carbocycles. The first-order valence-corrected chi connectivity index (χ1v) is 8.69. The fourth-order valence-electron chi connectivity index (χ4n) is 2.60. The van der Waals surface area contributed by atoms with Gasteiger partial charge in [0.15, 0.2) is 11.6 Å². The lowest BCUT2D eigenvalue weighted by atomic mass is 10.00. The Morgan fingerprint density at radius 3 is 2.04 bits per heavy atom. The summed E-state index contributed by atoms with van der Waals surface area (Å²) in [6.45, 7) is 4.55. The Hall–Kier alpha value is -2.25. The molecular formula is C18H18ClF5N2O2. The highest BCUT2D eigenvalue weighted by atomic mass is 35.5. The number of carbonyl (C=O) groups excluding carboxylic acids is 2. The predicted molar refractivity (Wildman–Crippen MR) is 91.2 cm³/mol. The lowest BCUT2D eigenvalue weighted by Gasteiger charge is -2.17. The van der Waals surface area contributed by atoms with E-state index in [9.17, 15) is 22.0 Å². The number of alkyl halides is 3. The maximum Gasteiger partial charge on any atom is 0.391 e. The highest BCUT2D eigenvalue weighted by Gasteiger charge is 2.36. The Kier molecular flexibility index (Phi) is 8.32. The van der Waals surface area contributed by atoms with Crippen LogP contribution in [0.3, 0.4) is 0 Å². The zero-order valence-electron chi connectivity index (χ0n) is 15.3. The molecule has 4 nitrogen and oxygen atoms in total. The van der Waals surface area contributed by atoms with Gasteiger partial charge in [-0.05, 0) is 30.5 Å². The number of benzene rings is 1. The zero-order valence-corrected chi connectivity index (χ0v) is 16.1. The molecule has 28 heavy (non-hydrogen) atoms. The highest BCUT2D eigenvalue weighted by Crippen LogP contribution is 2.32. The minimum absolute atomic E-state index is 0.0615. The summed E-state index contributed by atoms with van der Waals surface area (Å²) < 4.78 is 68.2. The van der Waals surface area contributed by atoms with Crippen molar-refractivity contribution in [1.29, 1.82) is 0 Å². The summed E-state index contributed by atoms with van der Waals surface area (Å²) in [4.78, 5) is 20.5. The number of aromatic nitrogens is 2. The number of hydrogen-bond acceptors (Lipinski definition) is 3. The molecule has 0 saturated carbocycles. The van der Waals surface area contributed by atoms with Crippen LogP contribution < -0.4 is 0 Å². The zero-order chi connectivity index (χ0) is 21.6. The van der Waals surface area contributed by atoms with Crippen molar-refractivity contribution < 1.29 is 31.5 Å². The van der Waals surface area contributed by atoms with E-state index in [0.29, 0.717) is 24.4 Å². The largest absolute Gasteiger partial charge is 0.391 e. The smallest absolute Gasteiger partial charge is 0.281 e. The lowest BCUT2D eigenvalue weighted by Crippen LogP contribution is -2.22. The average Bonchev–Trinajstić information content (AvgIpc) is 2.90. The summed E-state index contributed by atoms with van der Waals surface area (Å²) in [5.41, 5.74) is 0.0260. The fraction of sp³-hybridized carbons (Fsp3) is 0.444. The van der Waals surface area contributed by atoms with Gasteiger partial charge in [0.2, 0.25) is 0 Å². The Balaban J connectivity index is 0.00000122. The van der Waals surface area contributed by atoms with Gasteiger partial charge in [0.05, 0.1) is 11.6 Å². The number of aryl methyl sites for hydroxylation is 2. The van der Waals surface area contributed by atoms with Crippen molar-refractivity contribution in [2.24, 2.45) is 5.92 Å². The molecular weight excluding hydrogens is 407 g/mol. The fourth-order valence-corrected chi connectivity index (χ4v) is 2.96. The van der Waals surface area contributed by atoms with E-state index in [1.54, 1.807) is 6.92 Å². The van der Waals surface area contributed by atoms with E-state index in [0.717, 1.165) is 19.1 Å². The Morgan fingerprint density at radius 2 is 1.64 bits per heavy atom. The molecule has 1 atom stereocenters. The molecule has 0 bridgehead atoms. The molecule has 1 aromatic heterocycles. The second kappa shape index (κ2) is 9.80. The van der Waals surface area contributed by atoms with E-state index in [1.807, 2.05) is 6.92 Å². The second-order valence-electron chi connectivity index (χ2n) is 5.95. The summed E-state index contributed by atoms with van der Waals surface area (Å²) in [7, 11) is 0. The van der Waals surface area contributed by atoms with Gasteiger partial charge in [-0.1, -0.05) is 32.4 Å². The van der Waals surface area contributed by atoms with Gasteiger partial charge < -0.3 is 0 Å². The molecule has 0 saturated heterocycles. The Bertz CT molecular complexity index is 835. The molecule has 154 valence electrons. The summed E-state index contributed by atoms with van der Waals surface area (Å²) in [6.07, 6.45) is -3.80. The van der Waals surface area contributed by atoms with E-state index < -0.39 is 35.8 Å². The average molecular weight is 425 g/mol. The van der Waals surface area contributed by atoms with Crippen LogP contribution in [0.5, 0.6) is 0 Å². The van der Waals surface area contributed by atoms with Gasteiger partial charge >= 0.3 is 12.3 Å². The molecule has 0 aliphatic heterocycles. The van der Waals surface area contributed by atoms with Crippen molar-refractivity contribution in [1.82, 2.24) is 9.55 Å². The highest BCUT2D eigenvalue weighted by molar-refractivity contribution is 6.30. The third-order valence-corrected chi connectivity index (χ3v) is 4.40. The van der Waals surface area contributed by atoms with Crippen LogP contribution in [-0.2, 0) is 28.9 Å². The van der Waals surface area contributed by atoms with E-state index >= 15 is 0 Å². The normalized spacial score (nSPS) is 12.2. The first-order valence-electron chi connectivity index (χ1n) is 8.31. The third-order valence-electron chi connectivity index (χ3n) is 4.01. The Labute approximate surface area is 163 Å². The number of rotatable bonds is 5. The van der Waals surface area contributed by atoms with Crippen molar-refractivity contribution >= 4 is 17.8 Å². The predicted octanol–water partition coefficient (Wildman–Crippen LogP) is 5.09. The SMILES string of the molecule is CCc1nc(CC)n(-c2c(F)cc(CC(C)C(F)(F)F)cc2F)c1Cl.O=C=O. The topological polar surface area (TPSA) is 52.0 Å². The molecule has 1 aromatic carbocycles. The minimum Gasteiger partial charge on any atom is -0.281 e. The monoisotopic (exact) mass is 424 g/mol. The number of nitrogens with zero attached hydrogens (tertiary/aromatic N) is 2. The molecule has 10 heteroatoms. The molecule has 1 heterocycles. The van der Waals surface area contributed by atoms with Crippen molar-refractivity contribution in [2.75, 3.05) is 0 Å². The van der Waals surface area contributed by atoms with Gasteiger partial charge in [0.25, 0.3) is 0 Å². The molecule has 1 unspecified atom stereocenters. The summed E-state index contributed by atoms with van der Waals surface area (Å²) in [5.74, 6) is -3.26. The maximum atomic E-state index is 14.5. The van der Waals surface area contributed by atoms with Crippen LogP contribution in [0, 0.1) is 17.6 Å². The van der Waals surface area contributed by atoms with Gasteiger partial charge in [-0.2, -0.15) is 22.8 Å². The molecule has 2 rings (SSSR count). The molecule has 0 aliphatic rings. The van der Waals surface area contributed by atoms with Crippen LogP contribution in [-0.4, -0.2) is 21.9 Å². The van der Waals surface area contributed by atoms with E-state index in [-0.39, 0.29) is 16.9 Å². The van der Waals surface area contributed by atoms with Gasteiger partial charge in [0, 0.05) is 6.42 Å². The molecule has 0 fully saturated rings. The van der Waals surface area contributed by atoms with Gasteiger partial charge in [-0.15, -0.1) is 0 Å². The number of hydrogen-bond donors (Lipinski definition) is 0. The Morgan fingerprint density at radius 1 is 1.14 bits per heavy atom. The summed E-state index contributed by atoms with van der Waals surface area (Å²) in [5, 5.41) is 0.105. The molecule has 0 N–H and O–H groups in total. The van der Waals surface area contributed by atoms with Crippen LogP contribution in [0.4, 0.5) is 22.0 Å². The van der Waals surface area contributed by atoms with Crippen molar-refractivity contribution in [3.8, 4) is 5.69 Å². The van der Waals surface area contributed by atoms with Crippen LogP contribution in [0.25, 0.3) is 5.69 Å². The first-order chi connectivity index (χ1) is 13.0. The van der Waals surface area contributed by atoms with Gasteiger partial charge in [-0.25, -0.2) is 13.8 Å². The van der Waals surface area contributed by atoms with Crippen molar-refractivity contribution in [3.63, 3.8) is 0 Å². The van der Waals surface area contributed by atoms with Gasteiger partial charge in [0.1, 0.15) is 16.7 Å². The van der Waals surface area contributed by atoms with E-state index in [2.05, 4.69) is 4.98 Å². The molecule has 0 radical (unpaired) electrons. The maximum absolute atomic E-state index is 14.5. The third kappa shape index (κ3) is 5.39.